The Balaban J connectivity index is 1.07. The predicted octanol–water partition coefficient (Wildman–Crippen LogP) is 3.46. The van der Waals surface area contributed by atoms with Crippen molar-refractivity contribution in [1.82, 2.24) is 19.9 Å². The SMILES string of the molecule is Cc1cc(=O)oc2cc3c(cc12)C(C)CC(C)(C)N3CCCC(=O)NCC#Cc1cn([C@H]2C[C@H](O)[C@@H](COP(=O)(O)OP(=O)(O)OP(=O)(O)O)O2)c2ncnc(N)c12. The summed E-state index contributed by atoms with van der Waals surface area (Å²) >= 11 is 0. The summed E-state index contributed by atoms with van der Waals surface area (Å²) in [7, 11) is -16.8. The first-order valence-electron chi connectivity index (χ1n) is 17.9. The standard InChI is InChI=1S/C34H43N6O15P3/c1-19-11-30(43)53-26-13-24-22(12-23(19)26)20(2)15-34(3,4)40(24)10-6-8-28(42)36-9-5-7-21-16-39(33-31(21)32(35)37-18-38-33)29-14-25(41)27(52-29)17-51-57(47,48)55-58(49,50)54-56(44,45)46/h11-13,16,18,20,25,27,29,41H,6,8-10,14-15,17H2,1-4H3,(H,36,42)(H,47,48)(H,49,50)(H2,35,37,38)(H2,44,45,46)/t20?,25-,27+,29+/m0/s1. The Hall–Kier alpha value is -3.99. The maximum atomic E-state index is 12.9. The second-order valence-electron chi connectivity index (χ2n) is 14.6. The Morgan fingerprint density at radius 3 is 2.59 bits per heavy atom. The molecule has 2 aliphatic heterocycles. The fourth-order valence-electron chi connectivity index (χ4n) is 7.42. The predicted molar refractivity (Wildman–Crippen MR) is 207 cm³/mol. The van der Waals surface area contributed by atoms with Gasteiger partial charge in [-0.05, 0) is 56.7 Å². The van der Waals surface area contributed by atoms with Gasteiger partial charge in [-0.1, -0.05) is 18.8 Å². The van der Waals surface area contributed by atoms with Crippen LogP contribution in [-0.2, 0) is 36.4 Å². The van der Waals surface area contributed by atoms with E-state index in [2.05, 4.69) is 72.0 Å². The first kappa shape index (κ1) is 43.6. The molecule has 24 heteroatoms. The molecule has 5 heterocycles. The first-order valence-corrected chi connectivity index (χ1v) is 22.4. The second kappa shape index (κ2) is 16.6. The van der Waals surface area contributed by atoms with Crippen LogP contribution in [0.2, 0.25) is 0 Å². The van der Waals surface area contributed by atoms with Gasteiger partial charge < -0.3 is 54.4 Å². The van der Waals surface area contributed by atoms with Crippen molar-refractivity contribution in [2.75, 3.05) is 30.3 Å². The quantitative estimate of drug-likeness (QED) is 0.0575. The minimum Gasteiger partial charge on any atom is -0.423 e. The first-order chi connectivity index (χ1) is 27.0. The van der Waals surface area contributed by atoms with Gasteiger partial charge in [0.25, 0.3) is 0 Å². The van der Waals surface area contributed by atoms with E-state index in [1.54, 1.807) is 6.20 Å². The third-order valence-corrected chi connectivity index (χ3v) is 13.6. The summed E-state index contributed by atoms with van der Waals surface area (Å²) < 4.78 is 59.6. The van der Waals surface area contributed by atoms with E-state index in [0.717, 1.165) is 28.6 Å². The number of aromatic nitrogens is 3. The van der Waals surface area contributed by atoms with Crippen LogP contribution < -0.4 is 21.6 Å². The zero-order valence-corrected chi connectivity index (χ0v) is 34.4. The molecule has 1 amide bonds. The number of fused-ring (bicyclic) bond motifs is 3. The smallest absolute Gasteiger partial charge is 0.423 e. The number of hydrogen-bond acceptors (Lipinski definition) is 15. The van der Waals surface area contributed by atoms with Crippen molar-refractivity contribution in [3.05, 3.63) is 57.8 Å². The summed E-state index contributed by atoms with van der Waals surface area (Å²) in [6, 6.07) is 5.52. The third-order valence-electron chi connectivity index (χ3n) is 9.81. The molecular weight excluding hydrogens is 825 g/mol. The van der Waals surface area contributed by atoms with E-state index in [9.17, 15) is 38.2 Å². The van der Waals surface area contributed by atoms with Crippen LogP contribution in [0.5, 0.6) is 0 Å². The van der Waals surface area contributed by atoms with Crippen LogP contribution in [0.3, 0.4) is 0 Å². The number of anilines is 2. The van der Waals surface area contributed by atoms with E-state index in [0.29, 0.717) is 29.5 Å². The molecule has 0 spiro atoms. The number of nitrogen functional groups attached to an aromatic ring is 1. The van der Waals surface area contributed by atoms with Gasteiger partial charge in [-0.25, -0.2) is 28.5 Å². The highest BCUT2D eigenvalue weighted by molar-refractivity contribution is 7.66. The highest BCUT2D eigenvalue weighted by atomic mass is 31.3. The molecule has 4 aromatic rings. The number of nitrogens with one attached hydrogen (secondary N) is 1. The summed E-state index contributed by atoms with van der Waals surface area (Å²) in [5, 5.41) is 14.7. The van der Waals surface area contributed by atoms with E-state index in [-0.39, 0.29) is 48.2 Å². The molecule has 0 bridgehead atoms. The molecule has 21 nitrogen and oxygen atoms in total. The third kappa shape index (κ3) is 10.1. The van der Waals surface area contributed by atoms with E-state index in [4.69, 9.17) is 24.7 Å². The van der Waals surface area contributed by atoms with Gasteiger partial charge >= 0.3 is 29.1 Å². The lowest BCUT2D eigenvalue weighted by molar-refractivity contribution is -0.120. The topological polar surface area (TPSA) is 309 Å². The molecule has 0 radical (unpaired) electrons. The van der Waals surface area contributed by atoms with Gasteiger partial charge in [0, 0.05) is 54.3 Å². The van der Waals surface area contributed by atoms with Crippen molar-refractivity contribution in [2.45, 2.75) is 83.3 Å². The Bertz CT molecular complexity index is 2510. The molecule has 314 valence electrons. The molecule has 3 aromatic heterocycles. The lowest BCUT2D eigenvalue weighted by Crippen LogP contribution is -2.49. The molecule has 3 unspecified atom stereocenters. The number of nitrogens with two attached hydrogens (primary N) is 1. The minimum absolute atomic E-state index is 0.000342. The van der Waals surface area contributed by atoms with Crippen molar-refractivity contribution in [3.63, 3.8) is 0 Å². The number of carbonyl (C=O) groups excluding carboxylic acids is 1. The fourth-order valence-corrected chi connectivity index (χ4v) is 10.4. The van der Waals surface area contributed by atoms with Crippen molar-refractivity contribution < 1.29 is 65.5 Å². The van der Waals surface area contributed by atoms with Crippen LogP contribution in [0.15, 0.2) is 39.9 Å². The van der Waals surface area contributed by atoms with Crippen molar-refractivity contribution in [2.24, 2.45) is 0 Å². The Kier molecular flexibility index (Phi) is 12.5. The van der Waals surface area contributed by atoms with Crippen molar-refractivity contribution >= 4 is 62.9 Å². The zero-order valence-electron chi connectivity index (χ0n) is 31.7. The van der Waals surface area contributed by atoms with Gasteiger partial charge in [0.2, 0.25) is 5.91 Å². The molecule has 2 aliphatic rings. The molecule has 6 atom stereocenters. The van der Waals surface area contributed by atoms with Crippen LogP contribution in [0, 0.1) is 18.8 Å². The van der Waals surface area contributed by atoms with Crippen LogP contribution >= 0.6 is 23.5 Å². The molecule has 0 saturated carbocycles. The van der Waals surface area contributed by atoms with Crippen LogP contribution in [-0.4, -0.2) is 82.6 Å². The van der Waals surface area contributed by atoms with Gasteiger partial charge in [-0.3, -0.25) is 9.32 Å². The molecule has 0 aliphatic carbocycles. The van der Waals surface area contributed by atoms with Gasteiger partial charge in [0.15, 0.2) is 0 Å². The van der Waals surface area contributed by atoms with Crippen LogP contribution in [0.4, 0.5) is 11.5 Å². The number of aryl methyl sites for hydroxylation is 1. The van der Waals surface area contributed by atoms with Gasteiger partial charge in [-0.2, -0.15) is 8.62 Å². The van der Waals surface area contributed by atoms with Crippen LogP contribution in [0.1, 0.15) is 75.3 Å². The summed E-state index contributed by atoms with van der Waals surface area (Å²) in [4.78, 5) is 72.2. The number of aliphatic hydroxyl groups is 1. The number of carbonyl (C=O) groups is 1. The maximum Gasteiger partial charge on any atom is 0.490 e. The number of phosphoric acid groups is 3. The second-order valence-corrected chi connectivity index (χ2v) is 19.1. The number of hydrogen-bond donors (Lipinski definition) is 7. The minimum atomic E-state index is -5.74. The Labute approximate surface area is 330 Å². The number of ether oxygens (including phenoxy) is 1. The van der Waals surface area contributed by atoms with E-state index < -0.39 is 54.1 Å². The summed E-state index contributed by atoms with van der Waals surface area (Å²) in [6.45, 7) is 8.12. The molecule has 1 fully saturated rings. The average molecular weight is 869 g/mol. The normalized spacial score (nSPS) is 22.5. The van der Waals surface area contributed by atoms with Gasteiger partial charge in [-0.15, -0.1) is 0 Å². The maximum absolute atomic E-state index is 12.9. The number of aliphatic hydroxyl groups excluding tert-OH is 1. The monoisotopic (exact) mass is 868 g/mol. The number of nitrogens with zero attached hydrogens (tertiary/aromatic N) is 4. The number of phosphoric ester groups is 1. The van der Waals surface area contributed by atoms with Gasteiger partial charge in [0.1, 0.15) is 35.7 Å². The molecule has 6 rings (SSSR count). The fraction of sp³-hybridized carbons (Fsp3) is 0.471. The van der Waals surface area contributed by atoms with Gasteiger partial charge in [0.05, 0.1) is 30.2 Å². The van der Waals surface area contributed by atoms with E-state index >= 15 is 0 Å². The molecule has 8 N–H and O–H groups in total. The van der Waals surface area contributed by atoms with Crippen molar-refractivity contribution in [1.29, 1.82) is 0 Å². The molecule has 58 heavy (non-hydrogen) atoms. The molecular formula is C34H43N6O15P3. The van der Waals surface area contributed by atoms with Crippen LogP contribution in [0.25, 0.3) is 22.0 Å². The number of benzene rings is 1. The summed E-state index contributed by atoms with van der Waals surface area (Å²) in [5.41, 5.74) is 9.71. The highest BCUT2D eigenvalue weighted by Crippen LogP contribution is 2.66. The Morgan fingerprint density at radius 1 is 1.12 bits per heavy atom. The van der Waals surface area contributed by atoms with E-state index in [1.807, 2.05) is 13.0 Å². The lowest BCUT2D eigenvalue weighted by Gasteiger charge is -2.47. The molecule has 1 saturated heterocycles. The molecule has 1 aromatic carbocycles. The summed E-state index contributed by atoms with van der Waals surface area (Å²) in [6.07, 6.45) is 0.792. The zero-order chi connectivity index (χ0) is 42.4. The number of rotatable bonds is 13. The highest BCUT2D eigenvalue weighted by Gasteiger charge is 2.43. The average Bonchev–Trinajstić information content (AvgIpc) is 3.65. The Morgan fingerprint density at radius 2 is 1.86 bits per heavy atom. The number of amides is 1. The lowest BCUT2D eigenvalue weighted by atomic mass is 9.79. The van der Waals surface area contributed by atoms with Crippen molar-refractivity contribution in [3.8, 4) is 11.8 Å². The van der Waals surface area contributed by atoms with E-state index in [1.165, 1.54) is 17.0 Å². The summed E-state index contributed by atoms with van der Waals surface area (Å²) in [5.74, 6) is 6.01. The largest absolute Gasteiger partial charge is 0.490 e.